The number of hydrogen-bond acceptors (Lipinski definition) is 5. The monoisotopic (exact) mass is 384 g/mol. The van der Waals surface area contributed by atoms with E-state index in [0.29, 0.717) is 23.0 Å². The van der Waals surface area contributed by atoms with Gasteiger partial charge in [0.15, 0.2) is 0 Å². The van der Waals surface area contributed by atoms with Crippen LogP contribution in [0.5, 0.6) is 11.5 Å². The number of hydrogen-bond donors (Lipinski definition) is 3. The van der Waals surface area contributed by atoms with Crippen LogP contribution >= 0.6 is 12.4 Å². The highest BCUT2D eigenvalue weighted by atomic mass is 35.5. The number of methoxy groups -OCH3 is 2. The van der Waals surface area contributed by atoms with E-state index >= 15 is 0 Å². The third kappa shape index (κ3) is 4.08. The lowest BCUT2D eigenvalue weighted by Gasteiger charge is -2.37. The fraction of sp³-hybridized carbons (Fsp3) is 0.632. The summed E-state index contributed by atoms with van der Waals surface area (Å²) in [5, 5.41) is 16.9. The molecule has 0 radical (unpaired) electrons. The molecule has 2 aliphatic rings. The SMILES string of the molecule is COc1cc(OC)cc(C(O)CNC(=O)[C@@]23CCCC[C@H]2CNC3)c1.Cl. The Morgan fingerprint density at radius 1 is 1.31 bits per heavy atom. The van der Waals surface area contributed by atoms with Gasteiger partial charge in [-0.2, -0.15) is 0 Å². The molecule has 26 heavy (non-hydrogen) atoms. The Bertz CT molecular complexity index is 605. The molecular weight excluding hydrogens is 356 g/mol. The van der Waals surface area contributed by atoms with Crippen LogP contribution in [-0.2, 0) is 4.79 Å². The Morgan fingerprint density at radius 3 is 2.65 bits per heavy atom. The van der Waals surface area contributed by atoms with Crippen molar-refractivity contribution in [3.05, 3.63) is 23.8 Å². The fourth-order valence-electron chi connectivity index (χ4n) is 4.20. The van der Waals surface area contributed by atoms with Gasteiger partial charge in [-0.15, -0.1) is 12.4 Å². The lowest BCUT2D eigenvalue weighted by Crippen LogP contribution is -2.48. The van der Waals surface area contributed by atoms with Gasteiger partial charge in [0.25, 0.3) is 0 Å². The van der Waals surface area contributed by atoms with Crippen LogP contribution in [-0.4, -0.2) is 44.9 Å². The van der Waals surface area contributed by atoms with E-state index in [4.69, 9.17) is 9.47 Å². The third-order valence-electron chi connectivity index (χ3n) is 5.70. The van der Waals surface area contributed by atoms with Crippen LogP contribution in [0.4, 0.5) is 0 Å². The van der Waals surface area contributed by atoms with Crippen LogP contribution < -0.4 is 20.1 Å². The molecule has 0 aromatic heterocycles. The van der Waals surface area contributed by atoms with E-state index in [-0.39, 0.29) is 30.3 Å². The van der Waals surface area contributed by atoms with E-state index in [1.165, 1.54) is 6.42 Å². The van der Waals surface area contributed by atoms with E-state index in [1.54, 1.807) is 32.4 Å². The van der Waals surface area contributed by atoms with Gasteiger partial charge in [0.05, 0.1) is 25.7 Å². The summed E-state index contributed by atoms with van der Waals surface area (Å²) in [6, 6.07) is 5.28. The summed E-state index contributed by atoms with van der Waals surface area (Å²) < 4.78 is 10.5. The van der Waals surface area contributed by atoms with E-state index in [9.17, 15) is 9.90 Å². The molecule has 3 N–H and O–H groups in total. The van der Waals surface area contributed by atoms with Crippen molar-refractivity contribution in [3.63, 3.8) is 0 Å². The second kappa shape index (κ2) is 8.93. The van der Waals surface area contributed by atoms with Gasteiger partial charge < -0.3 is 25.2 Å². The first kappa shape index (κ1) is 20.8. The topological polar surface area (TPSA) is 79.8 Å². The highest BCUT2D eigenvalue weighted by Gasteiger charge is 2.49. The minimum atomic E-state index is -0.805. The molecule has 0 bridgehead atoms. The average molecular weight is 385 g/mol. The van der Waals surface area contributed by atoms with Crippen LogP contribution in [0.25, 0.3) is 0 Å². The minimum absolute atomic E-state index is 0. The summed E-state index contributed by atoms with van der Waals surface area (Å²) in [4.78, 5) is 12.9. The number of rotatable bonds is 6. The van der Waals surface area contributed by atoms with Crippen molar-refractivity contribution >= 4 is 18.3 Å². The molecule has 1 aliphatic carbocycles. The minimum Gasteiger partial charge on any atom is -0.497 e. The molecule has 1 heterocycles. The molecule has 6 nitrogen and oxygen atoms in total. The Balaban J connectivity index is 0.00000243. The first-order chi connectivity index (χ1) is 12.1. The zero-order chi connectivity index (χ0) is 17.9. The maximum Gasteiger partial charge on any atom is 0.227 e. The first-order valence-electron chi connectivity index (χ1n) is 8.99. The lowest BCUT2D eigenvalue weighted by atomic mass is 9.67. The molecule has 1 aromatic carbocycles. The third-order valence-corrected chi connectivity index (χ3v) is 5.70. The second-order valence-electron chi connectivity index (χ2n) is 7.10. The number of halogens is 1. The van der Waals surface area contributed by atoms with Crippen LogP contribution in [0.15, 0.2) is 18.2 Å². The molecule has 1 saturated carbocycles. The van der Waals surface area contributed by atoms with E-state index in [0.717, 1.165) is 32.4 Å². The van der Waals surface area contributed by atoms with Crippen molar-refractivity contribution in [1.82, 2.24) is 10.6 Å². The Kier molecular flexibility index (Phi) is 7.15. The summed E-state index contributed by atoms with van der Waals surface area (Å²) in [6.45, 7) is 1.85. The zero-order valence-electron chi connectivity index (χ0n) is 15.4. The van der Waals surface area contributed by atoms with Crippen molar-refractivity contribution in [1.29, 1.82) is 0 Å². The molecule has 3 atom stereocenters. The van der Waals surface area contributed by atoms with Gasteiger partial charge in [-0.3, -0.25) is 4.79 Å². The quantitative estimate of drug-likeness (QED) is 0.699. The summed E-state index contributed by atoms with van der Waals surface area (Å²) in [7, 11) is 3.14. The van der Waals surface area contributed by atoms with Crippen molar-refractivity contribution in [2.24, 2.45) is 11.3 Å². The molecular formula is C19H29ClN2O4. The highest BCUT2D eigenvalue weighted by Crippen LogP contribution is 2.44. The van der Waals surface area contributed by atoms with Gasteiger partial charge >= 0.3 is 0 Å². The van der Waals surface area contributed by atoms with Crippen LogP contribution in [0.2, 0.25) is 0 Å². The number of amides is 1. The molecule has 1 saturated heterocycles. The van der Waals surface area contributed by atoms with Crippen LogP contribution in [0, 0.1) is 11.3 Å². The van der Waals surface area contributed by atoms with Gasteiger partial charge in [-0.1, -0.05) is 12.8 Å². The number of aliphatic hydroxyl groups is 1. The summed E-state index contributed by atoms with van der Waals surface area (Å²) in [5.74, 6) is 1.71. The maximum atomic E-state index is 12.9. The Hall–Kier alpha value is -1.50. The fourth-order valence-corrected chi connectivity index (χ4v) is 4.20. The summed E-state index contributed by atoms with van der Waals surface area (Å²) >= 11 is 0. The lowest BCUT2D eigenvalue weighted by molar-refractivity contribution is -0.134. The first-order valence-corrected chi connectivity index (χ1v) is 8.99. The van der Waals surface area contributed by atoms with Gasteiger partial charge in [-0.05, 0) is 43.0 Å². The van der Waals surface area contributed by atoms with Crippen LogP contribution in [0.1, 0.15) is 37.4 Å². The number of ether oxygens (including phenoxy) is 2. The van der Waals surface area contributed by atoms with Crippen molar-refractivity contribution < 1.29 is 19.4 Å². The molecule has 2 fully saturated rings. The number of nitrogens with one attached hydrogen (secondary N) is 2. The number of carbonyl (C=O) groups excluding carboxylic acids is 1. The molecule has 0 spiro atoms. The van der Waals surface area contributed by atoms with Crippen molar-refractivity contribution in [2.45, 2.75) is 31.8 Å². The van der Waals surface area contributed by atoms with Gasteiger partial charge in [0.1, 0.15) is 11.5 Å². The van der Waals surface area contributed by atoms with E-state index < -0.39 is 6.10 Å². The number of benzene rings is 1. The standard InChI is InChI=1S/C19H28N2O4.ClH/c1-24-15-7-13(8-16(9-15)25-2)17(22)11-21-18(23)19-6-4-3-5-14(19)10-20-12-19;/h7-9,14,17,20,22H,3-6,10-12H2,1-2H3,(H,21,23);1H/t14-,17?,19+;/m0./s1. The van der Waals surface area contributed by atoms with E-state index in [2.05, 4.69) is 10.6 Å². The summed E-state index contributed by atoms with van der Waals surface area (Å²) in [6.07, 6.45) is 3.53. The predicted molar refractivity (Wildman–Crippen MR) is 102 cm³/mol. The van der Waals surface area contributed by atoms with Gasteiger partial charge in [0.2, 0.25) is 5.91 Å². The molecule has 1 unspecified atom stereocenters. The number of aliphatic hydroxyl groups excluding tert-OH is 1. The highest BCUT2D eigenvalue weighted by molar-refractivity contribution is 5.85. The predicted octanol–water partition coefficient (Wildman–Crippen LogP) is 2.06. The molecule has 1 aromatic rings. The average Bonchev–Trinajstić information content (AvgIpc) is 3.10. The largest absolute Gasteiger partial charge is 0.497 e. The molecule has 7 heteroatoms. The molecule has 3 rings (SSSR count). The molecule has 1 amide bonds. The molecule has 146 valence electrons. The molecule has 1 aliphatic heterocycles. The second-order valence-corrected chi connectivity index (χ2v) is 7.10. The Labute approximate surface area is 161 Å². The van der Waals surface area contributed by atoms with Crippen molar-refractivity contribution in [3.8, 4) is 11.5 Å². The zero-order valence-corrected chi connectivity index (χ0v) is 16.2. The Morgan fingerprint density at radius 2 is 2.00 bits per heavy atom. The number of fused-ring (bicyclic) bond motifs is 1. The normalized spacial score (nSPS) is 25.6. The van der Waals surface area contributed by atoms with Gasteiger partial charge in [0, 0.05) is 19.2 Å². The maximum absolute atomic E-state index is 12.9. The smallest absolute Gasteiger partial charge is 0.227 e. The van der Waals surface area contributed by atoms with E-state index in [1.807, 2.05) is 0 Å². The van der Waals surface area contributed by atoms with Crippen molar-refractivity contribution in [2.75, 3.05) is 33.9 Å². The number of carbonyl (C=O) groups is 1. The van der Waals surface area contributed by atoms with Crippen LogP contribution in [0.3, 0.4) is 0 Å². The van der Waals surface area contributed by atoms with Gasteiger partial charge in [-0.25, -0.2) is 0 Å². The summed E-state index contributed by atoms with van der Waals surface area (Å²) in [5.41, 5.74) is 0.364.